The summed E-state index contributed by atoms with van der Waals surface area (Å²) in [5.41, 5.74) is 1.75. The van der Waals surface area contributed by atoms with Gasteiger partial charge in [-0.3, -0.25) is 4.79 Å². The van der Waals surface area contributed by atoms with Crippen molar-refractivity contribution in [2.75, 3.05) is 0 Å². The van der Waals surface area contributed by atoms with Crippen molar-refractivity contribution < 1.29 is 4.79 Å². The smallest absolute Gasteiger partial charge is 0.251 e. The van der Waals surface area contributed by atoms with Gasteiger partial charge in [-0.15, -0.1) is 0 Å². The number of rotatable bonds is 3. The molecule has 2 nitrogen and oxygen atoms in total. The second kappa shape index (κ2) is 4.99. The summed E-state index contributed by atoms with van der Waals surface area (Å²) >= 11 is 0. The second-order valence-electron chi connectivity index (χ2n) is 5.93. The fraction of sp³-hybridized carbons (Fsp3) is 0.150. The molecular weight excluding hydrogens is 270 g/mol. The first-order chi connectivity index (χ1) is 10.8. The van der Waals surface area contributed by atoms with E-state index in [4.69, 9.17) is 0 Å². The van der Waals surface area contributed by atoms with Crippen molar-refractivity contribution in [2.45, 2.75) is 18.4 Å². The predicted octanol–water partition coefficient (Wildman–Crippen LogP) is 4.26. The van der Waals surface area contributed by atoms with Crippen LogP contribution in [-0.4, -0.2) is 5.91 Å². The zero-order valence-electron chi connectivity index (χ0n) is 12.3. The van der Waals surface area contributed by atoms with Gasteiger partial charge >= 0.3 is 0 Å². The molecule has 2 heteroatoms. The normalized spacial score (nSPS) is 15.5. The average Bonchev–Trinajstić information content (AvgIpc) is 3.35. The fourth-order valence-electron chi connectivity index (χ4n) is 3.11. The lowest BCUT2D eigenvalue weighted by Crippen LogP contribution is -2.34. The Morgan fingerprint density at radius 3 is 2.27 bits per heavy atom. The molecule has 3 aromatic rings. The van der Waals surface area contributed by atoms with E-state index in [2.05, 4.69) is 41.7 Å². The highest BCUT2D eigenvalue weighted by Gasteiger charge is 2.46. The first-order valence-electron chi connectivity index (χ1n) is 7.64. The van der Waals surface area contributed by atoms with Crippen LogP contribution in [0.25, 0.3) is 10.8 Å². The Kier molecular flexibility index (Phi) is 2.97. The third kappa shape index (κ3) is 2.17. The molecule has 1 fully saturated rings. The van der Waals surface area contributed by atoms with E-state index in [0.29, 0.717) is 5.56 Å². The molecule has 4 rings (SSSR count). The molecule has 1 aliphatic carbocycles. The Morgan fingerprint density at radius 1 is 0.818 bits per heavy atom. The summed E-state index contributed by atoms with van der Waals surface area (Å²) in [6, 6.07) is 24.1. The van der Waals surface area contributed by atoms with Crippen LogP contribution >= 0.6 is 0 Å². The van der Waals surface area contributed by atoms with Crippen molar-refractivity contribution in [1.29, 1.82) is 0 Å². The summed E-state index contributed by atoms with van der Waals surface area (Å²) in [6.45, 7) is 0. The van der Waals surface area contributed by atoms with Crippen molar-refractivity contribution in [1.82, 2.24) is 5.32 Å². The zero-order valence-corrected chi connectivity index (χ0v) is 12.3. The van der Waals surface area contributed by atoms with Crippen molar-refractivity contribution in [3.05, 3.63) is 83.9 Å². The van der Waals surface area contributed by atoms with Gasteiger partial charge in [0.2, 0.25) is 0 Å². The first kappa shape index (κ1) is 13.1. The largest absolute Gasteiger partial charge is 0.342 e. The molecule has 3 aromatic carbocycles. The molecule has 0 aliphatic heterocycles. The number of amides is 1. The summed E-state index contributed by atoms with van der Waals surface area (Å²) in [5, 5.41) is 5.71. The number of benzene rings is 3. The zero-order chi connectivity index (χ0) is 15.0. The molecule has 0 heterocycles. The lowest BCUT2D eigenvalue weighted by atomic mass is 9.96. The Balaban J connectivity index is 1.71. The lowest BCUT2D eigenvalue weighted by molar-refractivity contribution is 0.0931. The minimum absolute atomic E-state index is 0.00559. The average molecular weight is 287 g/mol. The van der Waals surface area contributed by atoms with Crippen LogP contribution in [0.3, 0.4) is 0 Å². The molecule has 0 unspecified atom stereocenters. The van der Waals surface area contributed by atoms with Crippen LogP contribution < -0.4 is 5.32 Å². The van der Waals surface area contributed by atoms with E-state index in [-0.39, 0.29) is 11.4 Å². The minimum atomic E-state index is -0.201. The Morgan fingerprint density at radius 2 is 1.50 bits per heavy atom. The summed E-state index contributed by atoms with van der Waals surface area (Å²) in [5.74, 6) is 0.00559. The number of carbonyl (C=O) groups is 1. The number of fused-ring (bicyclic) bond motifs is 1. The van der Waals surface area contributed by atoms with Gasteiger partial charge in [0.05, 0.1) is 5.54 Å². The van der Waals surface area contributed by atoms with Crippen molar-refractivity contribution in [2.24, 2.45) is 0 Å². The molecule has 0 radical (unpaired) electrons. The summed E-state index contributed by atoms with van der Waals surface area (Å²) < 4.78 is 0. The van der Waals surface area contributed by atoms with E-state index in [1.165, 1.54) is 16.3 Å². The fourth-order valence-corrected chi connectivity index (χ4v) is 3.11. The van der Waals surface area contributed by atoms with Gasteiger partial charge < -0.3 is 5.32 Å². The summed E-state index contributed by atoms with van der Waals surface area (Å²) in [6.07, 6.45) is 2.00. The van der Waals surface area contributed by atoms with Crippen molar-refractivity contribution in [3.8, 4) is 0 Å². The van der Waals surface area contributed by atoms with Gasteiger partial charge in [0.25, 0.3) is 5.91 Å². The SMILES string of the molecule is O=C(NC1(c2cccc3ccccc23)CC1)c1ccccc1. The van der Waals surface area contributed by atoms with E-state index in [1.807, 2.05) is 36.4 Å². The molecule has 0 spiro atoms. The van der Waals surface area contributed by atoms with Gasteiger partial charge in [-0.25, -0.2) is 0 Å². The van der Waals surface area contributed by atoms with Gasteiger partial charge in [0.15, 0.2) is 0 Å². The maximum Gasteiger partial charge on any atom is 0.251 e. The van der Waals surface area contributed by atoms with E-state index in [1.54, 1.807) is 0 Å². The molecule has 0 bridgehead atoms. The van der Waals surface area contributed by atoms with Crippen molar-refractivity contribution in [3.63, 3.8) is 0 Å². The molecule has 1 amide bonds. The lowest BCUT2D eigenvalue weighted by Gasteiger charge is -2.20. The van der Waals surface area contributed by atoms with Gasteiger partial charge in [-0.05, 0) is 41.3 Å². The highest BCUT2D eigenvalue weighted by atomic mass is 16.1. The second-order valence-corrected chi connectivity index (χ2v) is 5.93. The van der Waals surface area contributed by atoms with Crippen LogP contribution in [0, 0.1) is 0 Å². The highest BCUT2D eigenvalue weighted by molar-refractivity contribution is 5.96. The Hall–Kier alpha value is -2.61. The molecule has 1 N–H and O–H groups in total. The number of hydrogen-bond acceptors (Lipinski definition) is 1. The van der Waals surface area contributed by atoms with Crippen LogP contribution in [0.1, 0.15) is 28.8 Å². The summed E-state index contributed by atoms with van der Waals surface area (Å²) in [7, 11) is 0. The van der Waals surface area contributed by atoms with E-state index >= 15 is 0 Å². The van der Waals surface area contributed by atoms with E-state index in [9.17, 15) is 4.79 Å². The standard InChI is InChI=1S/C20H17NO/c22-19(16-8-2-1-3-9-16)21-20(13-14-20)18-12-6-10-15-7-4-5-11-17(15)18/h1-12H,13-14H2,(H,21,22). The number of hydrogen-bond donors (Lipinski definition) is 1. The monoisotopic (exact) mass is 287 g/mol. The predicted molar refractivity (Wildman–Crippen MR) is 88.8 cm³/mol. The maximum absolute atomic E-state index is 12.5. The molecule has 22 heavy (non-hydrogen) atoms. The Labute approximate surface area is 129 Å². The van der Waals surface area contributed by atoms with Gasteiger partial charge in [-0.1, -0.05) is 60.7 Å². The third-order valence-corrected chi connectivity index (χ3v) is 4.44. The van der Waals surface area contributed by atoms with Gasteiger partial charge in [0.1, 0.15) is 0 Å². The molecule has 108 valence electrons. The van der Waals surface area contributed by atoms with Crippen LogP contribution in [0.15, 0.2) is 72.8 Å². The van der Waals surface area contributed by atoms with Crippen LogP contribution in [0.5, 0.6) is 0 Å². The van der Waals surface area contributed by atoms with E-state index < -0.39 is 0 Å². The van der Waals surface area contributed by atoms with Crippen LogP contribution in [0.4, 0.5) is 0 Å². The van der Waals surface area contributed by atoms with Crippen LogP contribution in [0.2, 0.25) is 0 Å². The molecule has 0 atom stereocenters. The number of carbonyl (C=O) groups excluding carboxylic acids is 1. The minimum Gasteiger partial charge on any atom is -0.342 e. The molecule has 0 aromatic heterocycles. The number of nitrogens with one attached hydrogen (secondary N) is 1. The third-order valence-electron chi connectivity index (χ3n) is 4.44. The van der Waals surface area contributed by atoms with Gasteiger partial charge in [-0.2, -0.15) is 0 Å². The molecule has 1 aliphatic rings. The Bertz CT molecular complexity index is 829. The maximum atomic E-state index is 12.5. The van der Waals surface area contributed by atoms with Crippen LogP contribution in [-0.2, 0) is 5.54 Å². The summed E-state index contributed by atoms with van der Waals surface area (Å²) in [4.78, 5) is 12.5. The quantitative estimate of drug-likeness (QED) is 0.766. The van der Waals surface area contributed by atoms with E-state index in [0.717, 1.165) is 12.8 Å². The van der Waals surface area contributed by atoms with Gasteiger partial charge in [0, 0.05) is 5.56 Å². The highest BCUT2D eigenvalue weighted by Crippen LogP contribution is 2.48. The molecule has 1 saturated carbocycles. The van der Waals surface area contributed by atoms with Crippen molar-refractivity contribution >= 4 is 16.7 Å². The molecular formula is C20H17NO. The topological polar surface area (TPSA) is 29.1 Å². The first-order valence-corrected chi connectivity index (χ1v) is 7.64. The molecule has 0 saturated heterocycles.